The average Bonchev–Trinajstić information content (AvgIpc) is 2.66. The Kier molecular flexibility index (Phi) is 5.68. The number of ether oxygens (including phenoxy) is 1. The number of hydrazone groups is 1. The molecular formula is C21H19BrN2O2. The number of nitrogens with zero attached hydrogens (tertiary/aromatic N) is 1. The normalized spacial score (nSPS) is 12.7. The third-order valence-electron chi connectivity index (χ3n) is 4.00. The van der Waals surface area contributed by atoms with E-state index in [0.717, 1.165) is 26.5 Å². The van der Waals surface area contributed by atoms with Crippen molar-refractivity contribution >= 4 is 38.3 Å². The summed E-state index contributed by atoms with van der Waals surface area (Å²) < 4.78 is 6.75. The molecule has 0 unspecified atom stereocenters. The maximum absolute atomic E-state index is 12.3. The molecule has 3 aromatic rings. The first kappa shape index (κ1) is 18.1. The highest BCUT2D eigenvalue weighted by molar-refractivity contribution is 9.10. The fourth-order valence-corrected chi connectivity index (χ4v) is 2.75. The van der Waals surface area contributed by atoms with Crippen LogP contribution in [0.25, 0.3) is 10.8 Å². The van der Waals surface area contributed by atoms with Crippen molar-refractivity contribution in [2.45, 2.75) is 20.0 Å². The van der Waals surface area contributed by atoms with Crippen LogP contribution in [0, 0.1) is 0 Å². The van der Waals surface area contributed by atoms with Crippen LogP contribution in [0.15, 0.2) is 76.3 Å². The Hall–Kier alpha value is -2.66. The maximum atomic E-state index is 12.3. The standard InChI is InChI=1S/C21H19BrN2O2/c1-14(16-7-10-19(22)11-8-16)23-24-21(25)15(2)26-20-12-9-17-5-3-4-6-18(17)13-20/h3-13,15H,1-2H3,(H,24,25)/b23-14+/t15-/m1/s1. The number of halogens is 1. The summed E-state index contributed by atoms with van der Waals surface area (Å²) in [4.78, 5) is 12.3. The topological polar surface area (TPSA) is 50.7 Å². The highest BCUT2D eigenvalue weighted by Gasteiger charge is 2.14. The zero-order valence-electron chi connectivity index (χ0n) is 14.6. The lowest BCUT2D eigenvalue weighted by molar-refractivity contribution is -0.127. The Labute approximate surface area is 161 Å². The Morgan fingerprint density at radius 3 is 2.46 bits per heavy atom. The van der Waals surface area contributed by atoms with Gasteiger partial charge in [0, 0.05) is 4.47 Å². The van der Waals surface area contributed by atoms with Crippen molar-refractivity contribution in [1.29, 1.82) is 0 Å². The average molecular weight is 411 g/mol. The van der Waals surface area contributed by atoms with E-state index in [1.165, 1.54) is 0 Å². The number of hydrogen-bond acceptors (Lipinski definition) is 3. The van der Waals surface area contributed by atoms with Crippen molar-refractivity contribution in [1.82, 2.24) is 5.43 Å². The summed E-state index contributed by atoms with van der Waals surface area (Å²) in [6.07, 6.45) is -0.655. The second-order valence-corrected chi connectivity index (χ2v) is 6.86. The fourth-order valence-electron chi connectivity index (χ4n) is 2.48. The zero-order valence-corrected chi connectivity index (χ0v) is 16.2. The number of hydrogen-bond donors (Lipinski definition) is 1. The van der Waals surface area contributed by atoms with Crippen LogP contribution in [0.5, 0.6) is 5.75 Å². The van der Waals surface area contributed by atoms with Gasteiger partial charge < -0.3 is 4.74 Å². The molecule has 26 heavy (non-hydrogen) atoms. The summed E-state index contributed by atoms with van der Waals surface area (Å²) in [6, 6.07) is 21.5. The summed E-state index contributed by atoms with van der Waals surface area (Å²) in [5.41, 5.74) is 4.23. The maximum Gasteiger partial charge on any atom is 0.280 e. The van der Waals surface area contributed by atoms with Gasteiger partial charge >= 0.3 is 0 Å². The van der Waals surface area contributed by atoms with Crippen molar-refractivity contribution in [3.05, 3.63) is 76.8 Å². The van der Waals surface area contributed by atoms with Gasteiger partial charge in [-0.25, -0.2) is 5.43 Å². The van der Waals surface area contributed by atoms with Gasteiger partial charge in [0.25, 0.3) is 5.91 Å². The third-order valence-corrected chi connectivity index (χ3v) is 4.53. The highest BCUT2D eigenvalue weighted by atomic mass is 79.9. The van der Waals surface area contributed by atoms with Crippen LogP contribution < -0.4 is 10.2 Å². The van der Waals surface area contributed by atoms with Gasteiger partial charge in [-0.1, -0.05) is 58.4 Å². The molecule has 1 N–H and O–H groups in total. The minimum Gasteiger partial charge on any atom is -0.481 e. The predicted molar refractivity (Wildman–Crippen MR) is 109 cm³/mol. The molecule has 0 aliphatic rings. The summed E-state index contributed by atoms with van der Waals surface area (Å²) in [5, 5.41) is 6.36. The lowest BCUT2D eigenvalue weighted by atomic mass is 10.1. The van der Waals surface area contributed by atoms with Crippen LogP contribution in [-0.2, 0) is 4.79 Å². The van der Waals surface area contributed by atoms with Gasteiger partial charge in [0.2, 0.25) is 0 Å². The first-order chi connectivity index (χ1) is 12.5. The van der Waals surface area contributed by atoms with E-state index in [9.17, 15) is 4.79 Å². The molecule has 0 spiro atoms. The molecule has 3 aromatic carbocycles. The van der Waals surface area contributed by atoms with Crippen molar-refractivity contribution in [2.24, 2.45) is 5.10 Å². The molecule has 0 bridgehead atoms. The quantitative estimate of drug-likeness (QED) is 0.479. The fraction of sp³-hybridized carbons (Fsp3) is 0.143. The number of carbonyl (C=O) groups excluding carboxylic acids is 1. The number of benzene rings is 3. The van der Waals surface area contributed by atoms with Gasteiger partial charge in [-0.15, -0.1) is 0 Å². The van der Waals surface area contributed by atoms with Crippen LogP contribution in [-0.4, -0.2) is 17.7 Å². The lowest BCUT2D eigenvalue weighted by Gasteiger charge is -2.14. The van der Waals surface area contributed by atoms with Crippen LogP contribution in [0.2, 0.25) is 0 Å². The van der Waals surface area contributed by atoms with Gasteiger partial charge in [-0.2, -0.15) is 5.10 Å². The largest absolute Gasteiger partial charge is 0.481 e. The molecule has 0 aliphatic heterocycles. The van der Waals surface area contributed by atoms with Gasteiger partial charge in [-0.3, -0.25) is 4.79 Å². The summed E-state index contributed by atoms with van der Waals surface area (Å²) in [6.45, 7) is 3.55. The van der Waals surface area contributed by atoms with Crippen LogP contribution in [0.3, 0.4) is 0 Å². The monoisotopic (exact) mass is 410 g/mol. The minimum absolute atomic E-state index is 0.297. The molecule has 132 valence electrons. The Morgan fingerprint density at radius 2 is 1.73 bits per heavy atom. The smallest absolute Gasteiger partial charge is 0.280 e. The molecule has 0 saturated carbocycles. The lowest BCUT2D eigenvalue weighted by Crippen LogP contribution is -2.33. The first-order valence-corrected chi connectivity index (χ1v) is 9.08. The minimum atomic E-state index is -0.655. The van der Waals surface area contributed by atoms with Crippen molar-refractivity contribution < 1.29 is 9.53 Å². The van der Waals surface area contributed by atoms with Crippen LogP contribution >= 0.6 is 15.9 Å². The predicted octanol–water partition coefficient (Wildman–Crippen LogP) is 4.91. The van der Waals surface area contributed by atoms with Crippen LogP contribution in [0.1, 0.15) is 19.4 Å². The number of carbonyl (C=O) groups is 1. The van der Waals surface area contributed by atoms with Crippen LogP contribution in [0.4, 0.5) is 0 Å². The van der Waals surface area contributed by atoms with Gasteiger partial charge in [0.1, 0.15) is 5.75 Å². The Morgan fingerprint density at radius 1 is 1.04 bits per heavy atom. The number of rotatable bonds is 5. The van der Waals surface area contributed by atoms with Gasteiger partial charge in [0.05, 0.1) is 5.71 Å². The van der Waals surface area contributed by atoms with E-state index in [2.05, 4.69) is 26.5 Å². The molecule has 3 rings (SSSR count). The third kappa shape index (κ3) is 4.49. The zero-order chi connectivity index (χ0) is 18.5. The highest BCUT2D eigenvalue weighted by Crippen LogP contribution is 2.21. The van der Waals surface area contributed by atoms with Crippen molar-refractivity contribution in [3.63, 3.8) is 0 Å². The van der Waals surface area contributed by atoms with Crippen molar-refractivity contribution in [3.8, 4) is 5.75 Å². The number of fused-ring (bicyclic) bond motifs is 1. The number of amides is 1. The second kappa shape index (κ2) is 8.15. The molecule has 0 radical (unpaired) electrons. The molecule has 0 saturated heterocycles. The molecule has 0 heterocycles. The molecule has 0 aliphatic carbocycles. The molecule has 5 heteroatoms. The number of nitrogens with one attached hydrogen (secondary N) is 1. The van der Waals surface area contributed by atoms with E-state index in [1.807, 2.05) is 73.7 Å². The van der Waals surface area contributed by atoms with E-state index >= 15 is 0 Å². The van der Waals surface area contributed by atoms with Crippen molar-refractivity contribution in [2.75, 3.05) is 0 Å². The Balaban J connectivity index is 1.63. The van der Waals surface area contributed by atoms with Gasteiger partial charge in [-0.05, 0) is 54.4 Å². The summed E-state index contributed by atoms with van der Waals surface area (Å²) in [5.74, 6) is 0.356. The summed E-state index contributed by atoms with van der Waals surface area (Å²) >= 11 is 3.40. The van der Waals surface area contributed by atoms with E-state index in [1.54, 1.807) is 6.92 Å². The van der Waals surface area contributed by atoms with E-state index in [-0.39, 0.29) is 5.91 Å². The molecule has 4 nitrogen and oxygen atoms in total. The first-order valence-electron chi connectivity index (χ1n) is 8.28. The molecular weight excluding hydrogens is 392 g/mol. The van der Waals surface area contributed by atoms with E-state index in [4.69, 9.17) is 4.74 Å². The SMILES string of the molecule is C/C(=N\NC(=O)[C@@H](C)Oc1ccc2ccccc2c1)c1ccc(Br)cc1. The van der Waals surface area contributed by atoms with Gasteiger partial charge in [0.15, 0.2) is 6.10 Å². The molecule has 0 fully saturated rings. The molecule has 0 aromatic heterocycles. The summed E-state index contributed by atoms with van der Waals surface area (Å²) in [7, 11) is 0. The second-order valence-electron chi connectivity index (χ2n) is 5.95. The van der Waals surface area contributed by atoms with E-state index in [0.29, 0.717) is 5.75 Å². The molecule has 1 amide bonds. The Bertz CT molecular complexity index is 952. The molecule has 1 atom stereocenters. The van der Waals surface area contributed by atoms with E-state index < -0.39 is 6.10 Å².